The quantitative estimate of drug-likeness (QED) is 0.559. The van der Waals surface area contributed by atoms with Crippen LogP contribution in [0, 0.1) is 6.92 Å². The van der Waals surface area contributed by atoms with Crippen LogP contribution < -0.4 is 16.4 Å². The molecule has 0 spiro atoms. The molecule has 0 heterocycles. The third-order valence-corrected chi connectivity index (χ3v) is 4.00. The molecule has 0 aromatic heterocycles. The summed E-state index contributed by atoms with van der Waals surface area (Å²) in [4.78, 5) is 0. The number of hydrogen-bond donors (Lipinski definition) is 0. The molecule has 0 N–H and O–H groups in total. The largest absolute Gasteiger partial charge is 0.111 e. The predicted molar refractivity (Wildman–Crippen MR) is 104 cm³/mol. The van der Waals surface area contributed by atoms with Crippen molar-refractivity contribution in [3.63, 3.8) is 0 Å². The molecule has 0 amide bonds. The maximum absolute atomic E-state index is 6.18. The van der Waals surface area contributed by atoms with Crippen molar-refractivity contribution in [3.05, 3.63) is 16.7 Å². The molecule has 21 heavy (non-hydrogen) atoms. The first-order valence-electron chi connectivity index (χ1n) is 7.42. The van der Waals surface area contributed by atoms with E-state index in [1.165, 1.54) is 18.2 Å². The van der Waals surface area contributed by atoms with E-state index in [0.717, 1.165) is 22.0 Å². The van der Waals surface area contributed by atoms with E-state index in [2.05, 4.69) is 34.6 Å². The van der Waals surface area contributed by atoms with Crippen molar-refractivity contribution in [3.8, 4) is 0 Å². The Bertz CT molecular complexity index is 498. The van der Waals surface area contributed by atoms with E-state index in [4.69, 9.17) is 30.9 Å². The Labute approximate surface area is 138 Å². The Morgan fingerprint density at radius 3 is 1.67 bits per heavy atom. The molecule has 1 aromatic carbocycles. The summed E-state index contributed by atoms with van der Waals surface area (Å²) in [5, 5.41) is 0. The zero-order chi connectivity index (χ0) is 16.3. The number of benzene rings is 1. The zero-order valence-electron chi connectivity index (χ0n) is 13.8. The smallest absolute Gasteiger partial charge is 0.0952 e. The maximum Gasteiger partial charge on any atom is 0.0952 e. The molecular formula is C13H17B8. The molecule has 1 rings (SSSR count). The molecule has 1 aromatic rings. The van der Waals surface area contributed by atoms with E-state index in [1.807, 2.05) is 0 Å². The standard InChI is InChI=1S/C13H17B8/c1-6(2)9-8(5)13(21(17)20-16)12(19-15)11(18-14)10(9)7(3)4/h6-7H,1-5H3. The molecule has 0 nitrogen and oxygen atoms in total. The Morgan fingerprint density at radius 1 is 0.857 bits per heavy atom. The molecule has 0 fully saturated rings. The van der Waals surface area contributed by atoms with Crippen LogP contribution in [0.2, 0.25) is 0 Å². The molecule has 0 saturated heterocycles. The van der Waals surface area contributed by atoms with Crippen molar-refractivity contribution in [1.82, 2.24) is 0 Å². The van der Waals surface area contributed by atoms with Gasteiger partial charge in [0.1, 0.15) is 0 Å². The lowest BCUT2D eigenvalue weighted by Crippen LogP contribution is -2.58. The van der Waals surface area contributed by atoms with Gasteiger partial charge < -0.3 is 0 Å². The fourth-order valence-electron chi connectivity index (χ4n) is 3.24. The van der Waals surface area contributed by atoms with Crippen LogP contribution in [0.15, 0.2) is 0 Å². The van der Waals surface area contributed by atoms with Crippen LogP contribution in [-0.4, -0.2) is 58.8 Å². The van der Waals surface area contributed by atoms with E-state index in [1.54, 1.807) is 14.3 Å². The maximum atomic E-state index is 6.18. The monoisotopic (exact) mass is 261 g/mol. The first-order valence-corrected chi connectivity index (χ1v) is 7.42. The van der Waals surface area contributed by atoms with Crippen molar-refractivity contribution in [2.45, 2.75) is 46.5 Å². The van der Waals surface area contributed by atoms with Crippen molar-refractivity contribution < 1.29 is 0 Å². The van der Waals surface area contributed by atoms with Crippen LogP contribution in [0.4, 0.5) is 0 Å². The van der Waals surface area contributed by atoms with Crippen LogP contribution in [0.25, 0.3) is 0 Å². The van der Waals surface area contributed by atoms with Gasteiger partial charge in [0.15, 0.2) is 0 Å². The number of hydrogen-bond acceptors (Lipinski definition) is 0. The second kappa shape index (κ2) is 7.84. The second-order valence-corrected chi connectivity index (χ2v) is 6.05. The van der Waals surface area contributed by atoms with Crippen LogP contribution in [0.3, 0.4) is 0 Å². The topological polar surface area (TPSA) is 0 Å². The summed E-state index contributed by atoms with van der Waals surface area (Å²) < 4.78 is 0. The summed E-state index contributed by atoms with van der Waals surface area (Å²) in [7, 11) is 28.3. The van der Waals surface area contributed by atoms with E-state index in [-0.39, 0.29) is 6.49 Å². The fraction of sp³-hybridized carbons (Fsp3) is 0.538. The van der Waals surface area contributed by atoms with Gasteiger partial charge in [-0.05, 0) is 29.9 Å². The Hall–Kier alpha value is -0.261. The molecule has 0 unspecified atom stereocenters. The Balaban J connectivity index is 3.88. The lowest BCUT2D eigenvalue weighted by atomic mass is 9.02. The lowest BCUT2D eigenvalue weighted by Gasteiger charge is -2.31. The minimum absolute atomic E-state index is 0.349. The number of rotatable bonds is 6. The second-order valence-electron chi connectivity index (χ2n) is 6.05. The summed E-state index contributed by atoms with van der Waals surface area (Å²) in [6.45, 7) is 10.4. The summed E-state index contributed by atoms with van der Waals surface area (Å²) in [5.74, 6) is 0.721. The molecule has 0 saturated carbocycles. The third-order valence-electron chi connectivity index (χ3n) is 4.00. The SMILES string of the molecule is [B][B]B([B])c1c(C)c(C(C)C)c(C(C)C)c([B][B])c1[B][B]. The van der Waals surface area contributed by atoms with E-state index < -0.39 is 0 Å². The third kappa shape index (κ3) is 3.57. The summed E-state index contributed by atoms with van der Waals surface area (Å²) in [6, 6.07) is 0. The summed E-state index contributed by atoms with van der Waals surface area (Å²) >= 11 is 0. The highest BCUT2D eigenvalue weighted by Gasteiger charge is 2.24. The van der Waals surface area contributed by atoms with E-state index in [9.17, 15) is 0 Å². The molecule has 0 atom stereocenters. The van der Waals surface area contributed by atoms with Gasteiger partial charge in [-0.15, -0.1) is 16.4 Å². The molecule has 0 bridgehead atoms. The van der Waals surface area contributed by atoms with Crippen molar-refractivity contribution in [2.24, 2.45) is 0 Å². The fourth-order valence-corrected chi connectivity index (χ4v) is 3.24. The molecule has 11 radical (unpaired) electrons. The van der Waals surface area contributed by atoms with E-state index >= 15 is 0 Å². The Morgan fingerprint density at radius 2 is 1.33 bits per heavy atom. The van der Waals surface area contributed by atoms with Gasteiger partial charge in [-0.1, -0.05) is 33.3 Å². The lowest BCUT2D eigenvalue weighted by molar-refractivity contribution is 0.790. The van der Waals surface area contributed by atoms with Gasteiger partial charge in [-0.3, -0.25) is 0 Å². The van der Waals surface area contributed by atoms with Gasteiger partial charge >= 0.3 is 0 Å². The molecule has 0 aliphatic carbocycles. The highest BCUT2D eigenvalue weighted by atomic mass is 14.2. The molecule has 0 aliphatic rings. The van der Waals surface area contributed by atoms with Gasteiger partial charge in [-0.25, -0.2) is 0 Å². The van der Waals surface area contributed by atoms with Crippen LogP contribution in [0.1, 0.15) is 56.2 Å². The first kappa shape index (κ1) is 18.8. The molecule has 0 aliphatic heterocycles. The summed E-state index contributed by atoms with van der Waals surface area (Å²) in [6.07, 6.45) is 0. The minimum atomic E-state index is -0.364. The van der Waals surface area contributed by atoms with Gasteiger partial charge in [0.2, 0.25) is 0 Å². The van der Waals surface area contributed by atoms with Gasteiger partial charge in [0.25, 0.3) is 0 Å². The van der Waals surface area contributed by atoms with Crippen LogP contribution in [0.5, 0.6) is 0 Å². The average molecular weight is 260 g/mol. The minimum Gasteiger partial charge on any atom is -0.111 e. The van der Waals surface area contributed by atoms with E-state index in [0.29, 0.717) is 11.8 Å². The average Bonchev–Trinajstić information content (AvgIpc) is 2.43. The van der Waals surface area contributed by atoms with Crippen molar-refractivity contribution >= 4 is 75.2 Å². The van der Waals surface area contributed by atoms with Gasteiger partial charge in [0.05, 0.1) is 20.8 Å². The molecule has 8 heteroatoms. The molecule has 93 valence electrons. The highest BCUT2D eigenvalue weighted by Crippen LogP contribution is 2.26. The molecular weight excluding hydrogens is 243 g/mol. The van der Waals surface area contributed by atoms with Crippen LogP contribution in [-0.2, 0) is 0 Å². The predicted octanol–water partition coefficient (Wildman–Crippen LogP) is -1.28. The van der Waals surface area contributed by atoms with Gasteiger partial charge in [-0.2, -0.15) is 0 Å². The zero-order valence-corrected chi connectivity index (χ0v) is 13.8. The van der Waals surface area contributed by atoms with Crippen molar-refractivity contribution in [1.29, 1.82) is 0 Å². The summed E-state index contributed by atoms with van der Waals surface area (Å²) in [5.41, 5.74) is 6.51. The highest BCUT2D eigenvalue weighted by molar-refractivity contribution is 7.51. The first-order chi connectivity index (χ1) is 9.81. The Kier molecular flexibility index (Phi) is 7.01. The normalized spacial score (nSPS) is 10.8. The van der Waals surface area contributed by atoms with Crippen molar-refractivity contribution in [2.75, 3.05) is 0 Å². The van der Waals surface area contributed by atoms with Gasteiger partial charge in [0, 0.05) is 38.0 Å². The van der Waals surface area contributed by atoms with Crippen LogP contribution >= 0.6 is 0 Å².